The van der Waals surface area contributed by atoms with E-state index in [1.54, 1.807) is 28.6 Å². The molecule has 1 heterocycles. The molecule has 0 saturated carbocycles. The van der Waals surface area contributed by atoms with Gasteiger partial charge in [-0.15, -0.1) is 0 Å². The molecule has 20 heavy (non-hydrogen) atoms. The summed E-state index contributed by atoms with van der Waals surface area (Å²) in [4.78, 5) is 0.405. The molecular weight excluding hydrogens is 272 g/mol. The van der Waals surface area contributed by atoms with Crippen molar-refractivity contribution in [3.8, 4) is 0 Å². The lowest BCUT2D eigenvalue weighted by molar-refractivity contribution is 0.260. The molecule has 1 aromatic rings. The van der Waals surface area contributed by atoms with Crippen molar-refractivity contribution in [1.82, 2.24) is 9.62 Å². The smallest absolute Gasteiger partial charge is 0.243 e. The minimum absolute atomic E-state index is 0.405. The molecule has 0 spiro atoms. The standard InChI is InChI=1S/C15H24N2O2S/c1-2-10-16-12-14-7-6-11-17(13-14)20(18,19)15-8-4-3-5-9-15/h3-5,8-9,14,16H,2,6-7,10-13H2,1H3. The summed E-state index contributed by atoms with van der Waals surface area (Å²) in [6.07, 6.45) is 3.17. The Bertz CT molecular complexity index is 502. The van der Waals surface area contributed by atoms with Gasteiger partial charge in [-0.1, -0.05) is 25.1 Å². The maximum atomic E-state index is 12.6. The fraction of sp³-hybridized carbons (Fsp3) is 0.600. The van der Waals surface area contributed by atoms with Crippen LogP contribution in [0.25, 0.3) is 0 Å². The van der Waals surface area contributed by atoms with Gasteiger partial charge in [0.1, 0.15) is 0 Å². The van der Waals surface area contributed by atoms with Crippen LogP contribution >= 0.6 is 0 Å². The van der Waals surface area contributed by atoms with Gasteiger partial charge in [-0.05, 0) is 50.4 Å². The molecule has 1 saturated heterocycles. The van der Waals surface area contributed by atoms with Crippen LogP contribution in [-0.4, -0.2) is 38.9 Å². The van der Waals surface area contributed by atoms with Gasteiger partial charge in [0.05, 0.1) is 4.90 Å². The normalized spacial score (nSPS) is 20.9. The van der Waals surface area contributed by atoms with E-state index >= 15 is 0 Å². The van der Waals surface area contributed by atoms with E-state index in [2.05, 4.69) is 12.2 Å². The molecular formula is C15H24N2O2S. The summed E-state index contributed by atoms with van der Waals surface area (Å²) in [7, 11) is -3.32. The highest BCUT2D eigenvalue weighted by Crippen LogP contribution is 2.23. The second-order valence-electron chi connectivity index (χ2n) is 5.39. The van der Waals surface area contributed by atoms with Crippen molar-refractivity contribution >= 4 is 10.0 Å². The zero-order valence-electron chi connectivity index (χ0n) is 12.1. The number of nitrogens with zero attached hydrogens (tertiary/aromatic N) is 1. The van der Waals surface area contributed by atoms with Gasteiger partial charge in [-0.2, -0.15) is 4.31 Å². The average Bonchev–Trinajstić information content (AvgIpc) is 2.49. The third kappa shape index (κ3) is 3.81. The molecule has 0 bridgehead atoms. The van der Waals surface area contributed by atoms with Gasteiger partial charge in [-0.25, -0.2) is 8.42 Å². The van der Waals surface area contributed by atoms with Crippen LogP contribution in [0, 0.1) is 5.92 Å². The SMILES string of the molecule is CCCNCC1CCCN(S(=O)(=O)c2ccccc2)C1. The van der Waals surface area contributed by atoms with E-state index in [0.29, 0.717) is 23.9 Å². The third-order valence-corrected chi connectivity index (χ3v) is 5.60. The van der Waals surface area contributed by atoms with E-state index in [1.165, 1.54) is 0 Å². The van der Waals surface area contributed by atoms with Crippen LogP contribution in [0.3, 0.4) is 0 Å². The molecule has 0 amide bonds. The van der Waals surface area contributed by atoms with Crippen molar-refractivity contribution in [2.24, 2.45) is 5.92 Å². The molecule has 0 aliphatic carbocycles. The number of hydrogen-bond acceptors (Lipinski definition) is 3. The predicted octanol–water partition coefficient (Wildman–Crippen LogP) is 2.09. The predicted molar refractivity (Wildman–Crippen MR) is 81.1 cm³/mol. The van der Waals surface area contributed by atoms with Gasteiger partial charge in [0.25, 0.3) is 0 Å². The Morgan fingerprint density at radius 2 is 2.05 bits per heavy atom. The molecule has 2 rings (SSSR count). The van der Waals surface area contributed by atoms with Crippen molar-refractivity contribution in [2.45, 2.75) is 31.1 Å². The molecule has 1 aromatic carbocycles. The highest BCUT2D eigenvalue weighted by atomic mass is 32.2. The average molecular weight is 296 g/mol. The second-order valence-corrected chi connectivity index (χ2v) is 7.33. The lowest BCUT2D eigenvalue weighted by Crippen LogP contribution is -2.42. The molecule has 1 unspecified atom stereocenters. The maximum Gasteiger partial charge on any atom is 0.243 e. The van der Waals surface area contributed by atoms with Crippen LogP contribution in [0.2, 0.25) is 0 Å². The minimum atomic E-state index is -3.32. The van der Waals surface area contributed by atoms with Crippen LogP contribution in [0.5, 0.6) is 0 Å². The second kappa shape index (κ2) is 7.20. The molecule has 4 nitrogen and oxygen atoms in total. The first-order valence-electron chi connectivity index (χ1n) is 7.40. The first-order chi connectivity index (χ1) is 9.64. The Kier molecular flexibility index (Phi) is 5.57. The number of benzene rings is 1. The number of piperidine rings is 1. The summed E-state index contributed by atoms with van der Waals surface area (Å²) in [5.41, 5.74) is 0. The van der Waals surface area contributed by atoms with Gasteiger partial charge >= 0.3 is 0 Å². The van der Waals surface area contributed by atoms with Crippen LogP contribution < -0.4 is 5.32 Å². The Morgan fingerprint density at radius 3 is 2.75 bits per heavy atom. The van der Waals surface area contributed by atoms with Gasteiger partial charge in [0, 0.05) is 13.1 Å². The highest BCUT2D eigenvalue weighted by molar-refractivity contribution is 7.89. The van der Waals surface area contributed by atoms with E-state index in [9.17, 15) is 8.42 Å². The van der Waals surface area contributed by atoms with E-state index in [4.69, 9.17) is 0 Å². The van der Waals surface area contributed by atoms with Crippen molar-refractivity contribution < 1.29 is 8.42 Å². The van der Waals surface area contributed by atoms with Gasteiger partial charge < -0.3 is 5.32 Å². The van der Waals surface area contributed by atoms with Gasteiger partial charge in [0.15, 0.2) is 0 Å². The van der Waals surface area contributed by atoms with Crippen molar-refractivity contribution in [1.29, 1.82) is 0 Å². The lowest BCUT2D eigenvalue weighted by Gasteiger charge is -2.32. The molecule has 1 atom stereocenters. The Hall–Kier alpha value is -0.910. The van der Waals surface area contributed by atoms with Crippen LogP contribution in [0.1, 0.15) is 26.2 Å². The van der Waals surface area contributed by atoms with E-state index in [1.807, 2.05) is 6.07 Å². The number of nitrogens with one attached hydrogen (secondary N) is 1. The first kappa shape index (κ1) is 15.5. The molecule has 1 aliphatic heterocycles. The molecule has 112 valence electrons. The fourth-order valence-corrected chi connectivity index (χ4v) is 4.21. The van der Waals surface area contributed by atoms with Crippen LogP contribution in [0.15, 0.2) is 35.2 Å². The topological polar surface area (TPSA) is 49.4 Å². The third-order valence-electron chi connectivity index (χ3n) is 3.72. The first-order valence-corrected chi connectivity index (χ1v) is 8.84. The minimum Gasteiger partial charge on any atom is -0.316 e. The molecule has 0 radical (unpaired) electrons. The summed E-state index contributed by atoms with van der Waals surface area (Å²) >= 11 is 0. The quantitative estimate of drug-likeness (QED) is 0.818. The summed E-state index contributed by atoms with van der Waals surface area (Å²) in [5.74, 6) is 0.425. The van der Waals surface area contributed by atoms with Crippen molar-refractivity contribution in [2.75, 3.05) is 26.2 Å². The number of rotatable bonds is 6. The molecule has 0 aromatic heterocycles. The summed E-state index contributed by atoms with van der Waals surface area (Å²) < 4.78 is 26.8. The van der Waals surface area contributed by atoms with Crippen molar-refractivity contribution in [3.05, 3.63) is 30.3 Å². The van der Waals surface area contributed by atoms with E-state index in [0.717, 1.165) is 32.4 Å². The maximum absolute atomic E-state index is 12.6. The zero-order valence-corrected chi connectivity index (χ0v) is 12.9. The Morgan fingerprint density at radius 1 is 1.30 bits per heavy atom. The van der Waals surface area contributed by atoms with Crippen molar-refractivity contribution in [3.63, 3.8) is 0 Å². The zero-order chi connectivity index (χ0) is 14.4. The monoisotopic (exact) mass is 296 g/mol. The van der Waals surface area contributed by atoms with E-state index in [-0.39, 0.29) is 0 Å². The van der Waals surface area contributed by atoms with Crippen LogP contribution in [-0.2, 0) is 10.0 Å². The van der Waals surface area contributed by atoms with Gasteiger partial charge in [-0.3, -0.25) is 0 Å². The summed E-state index contributed by atoms with van der Waals surface area (Å²) in [6, 6.07) is 8.74. The summed E-state index contributed by atoms with van der Waals surface area (Å²) in [5, 5.41) is 3.40. The Labute approximate surface area is 122 Å². The summed E-state index contributed by atoms with van der Waals surface area (Å²) in [6.45, 7) is 5.33. The number of hydrogen-bond donors (Lipinski definition) is 1. The highest BCUT2D eigenvalue weighted by Gasteiger charge is 2.29. The lowest BCUT2D eigenvalue weighted by atomic mass is 10.00. The fourth-order valence-electron chi connectivity index (χ4n) is 2.64. The molecule has 5 heteroatoms. The number of sulfonamides is 1. The van der Waals surface area contributed by atoms with Gasteiger partial charge in [0.2, 0.25) is 10.0 Å². The molecule has 1 N–H and O–H groups in total. The van der Waals surface area contributed by atoms with E-state index < -0.39 is 10.0 Å². The molecule has 1 fully saturated rings. The van der Waals surface area contributed by atoms with Crippen LogP contribution in [0.4, 0.5) is 0 Å². The molecule has 1 aliphatic rings. The Balaban J connectivity index is 2.01. The largest absolute Gasteiger partial charge is 0.316 e.